The minimum absolute atomic E-state index is 0.0844. The second kappa shape index (κ2) is 7.88. The van der Waals surface area contributed by atoms with Crippen LogP contribution in [-0.4, -0.2) is 5.11 Å². The molecule has 128 valence electrons. The lowest BCUT2D eigenvalue weighted by atomic mass is 10.2. The summed E-state index contributed by atoms with van der Waals surface area (Å²) < 4.78 is 29.8. The van der Waals surface area contributed by atoms with Crippen LogP contribution in [0.25, 0.3) is 0 Å². The average molecular weight is 356 g/mol. The van der Waals surface area contributed by atoms with Crippen LogP contribution in [0.15, 0.2) is 84.9 Å². The zero-order valence-electron chi connectivity index (χ0n) is 13.3. The Hall–Kier alpha value is -2.75. The van der Waals surface area contributed by atoms with E-state index in [1.54, 1.807) is 72.8 Å². The van der Waals surface area contributed by atoms with Crippen LogP contribution in [0.1, 0.15) is 5.56 Å². The molecule has 1 N–H and O–H groups in total. The first-order valence-electron chi connectivity index (χ1n) is 7.66. The third-order valence-electron chi connectivity index (χ3n) is 3.24. The van der Waals surface area contributed by atoms with Crippen molar-refractivity contribution in [1.29, 1.82) is 0 Å². The Morgan fingerprint density at radius 1 is 0.640 bits per heavy atom. The van der Waals surface area contributed by atoms with Crippen molar-refractivity contribution in [2.45, 2.75) is 6.61 Å². The molecule has 25 heavy (non-hydrogen) atoms. The lowest BCUT2D eigenvalue weighted by Crippen LogP contribution is -2.07. The summed E-state index contributed by atoms with van der Waals surface area (Å²) in [6.07, 6.45) is 0. The highest BCUT2D eigenvalue weighted by Crippen LogP contribution is 2.49. The monoisotopic (exact) mass is 356 g/mol. The van der Waals surface area contributed by atoms with Crippen LogP contribution >= 0.6 is 7.82 Å². The molecule has 0 heterocycles. The predicted molar refractivity (Wildman–Crippen MR) is 94.7 cm³/mol. The van der Waals surface area contributed by atoms with Crippen LogP contribution in [0, 0.1) is 0 Å². The summed E-state index contributed by atoms with van der Waals surface area (Å²) >= 11 is 0. The molecule has 0 unspecified atom stereocenters. The predicted octanol–water partition coefficient (Wildman–Crippen LogP) is 4.82. The summed E-state index contributed by atoms with van der Waals surface area (Å²) in [5.41, 5.74) is 0.718. The van der Waals surface area contributed by atoms with Gasteiger partial charge < -0.3 is 18.7 Å². The first-order valence-corrected chi connectivity index (χ1v) is 9.12. The molecule has 0 fully saturated rings. The number of hydrogen-bond acceptors (Lipinski definition) is 5. The second-order valence-electron chi connectivity index (χ2n) is 5.15. The van der Waals surface area contributed by atoms with Crippen LogP contribution in [0.2, 0.25) is 0 Å². The normalized spacial score (nSPS) is 10.9. The fourth-order valence-electron chi connectivity index (χ4n) is 2.06. The molecule has 3 aromatic carbocycles. The molecule has 0 aliphatic heterocycles. The van der Waals surface area contributed by atoms with E-state index >= 15 is 0 Å². The zero-order valence-corrected chi connectivity index (χ0v) is 14.2. The van der Waals surface area contributed by atoms with Gasteiger partial charge in [-0.3, -0.25) is 0 Å². The highest BCUT2D eigenvalue weighted by molar-refractivity contribution is 7.49. The van der Waals surface area contributed by atoms with E-state index in [4.69, 9.17) is 18.7 Å². The van der Waals surface area contributed by atoms with Gasteiger partial charge in [0.25, 0.3) is 0 Å². The van der Waals surface area contributed by atoms with E-state index < -0.39 is 7.82 Å². The second-order valence-corrected chi connectivity index (χ2v) is 6.59. The van der Waals surface area contributed by atoms with Crippen molar-refractivity contribution >= 4 is 7.82 Å². The molecule has 5 nitrogen and oxygen atoms in total. The molecule has 0 saturated heterocycles. The van der Waals surface area contributed by atoms with E-state index in [2.05, 4.69) is 0 Å². The first kappa shape index (κ1) is 17.1. The Kier molecular flexibility index (Phi) is 5.39. The molecule has 0 bridgehead atoms. The van der Waals surface area contributed by atoms with Gasteiger partial charge in [0.2, 0.25) is 0 Å². The smallest absolute Gasteiger partial charge is 0.392 e. The summed E-state index contributed by atoms with van der Waals surface area (Å²) in [6, 6.07) is 23.9. The van der Waals surface area contributed by atoms with Crippen molar-refractivity contribution in [2.75, 3.05) is 0 Å². The Morgan fingerprint density at radius 2 is 1.04 bits per heavy atom. The van der Waals surface area contributed by atoms with Crippen molar-refractivity contribution in [1.82, 2.24) is 0 Å². The molecule has 0 spiro atoms. The van der Waals surface area contributed by atoms with Gasteiger partial charge in [0, 0.05) is 0 Å². The molecule has 0 aliphatic rings. The summed E-state index contributed by atoms with van der Waals surface area (Å²) in [5, 5.41) is 9.11. The maximum Gasteiger partial charge on any atom is 0.647 e. The van der Waals surface area contributed by atoms with E-state index in [-0.39, 0.29) is 6.61 Å². The van der Waals surface area contributed by atoms with E-state index in [0.717, 1.165) is 5.56 Å². The van der Waals surface area contributed by atoms with Crippen LogP contribution in [0.3, 0.4) is 0 Å². The van der Waals surface area contributed by atoms with Gasteiger partial charge in [-0.2, -0.15) is 4.57 Å². The van der Waals surface area contributed by atoms with Gasteiger partial charge in [0.15, 0.2) is 0 Å². The van der Waals surface area contributed by atoms with Crippen molar-refractivity contribution in [3.8, 4) is 17.2 Å². The summed E-state index contributed by atoms with van der Waals surface area (Å²) in [5.74, 6) is 1.05. The molecule has 0 radical (unpaired) electrons. The van der Waals surface area contributed by atoms with Crippen LogP contribution in [-0.2, 0) is 11.2 Å². The fraction of sp³-hybridized carbons (Fsp3) is 0.0526. The van der Waals surface area contributed by atoms with E-state index in [1.807, 2.05) is 12.1 Å². The van der Waals surface area contributed by atoms with Crippen molar-refractivity contribution in [3.05, 3.63) is 90.5 Å². The van der Waals surface area contributed by atoms with E-state index in [9.17, 15) is 4.57 Å². The number of rotatable bonds is 7. The summed E-state index contributed by atoms with van der Waals surface area (Å²) in [6.45, 7) is -0.0844. The molecule has 0 atom stereocenters. The van der Waals surface area contributed by atoms with Gasteiger partial charge in [-0.15, -0.1) is 0 Å². The minimum atomic E-state index is -3.97. The Bertz CT molecular complexity index is 789. The maximum atomic E-state index is 13.2. The third-order valence-corrected chi connectivity index (χ3v) is 4.55. The number of benzene rings is 3. The van der Waals surface area contributed by atoms with Gasteiger partial charge >= 0.3 is 7.82 Å². The van der Waals surface area contributed by atoms with Crippen LogP contribution < -0.4 is 13.6 Å². The van der Waals surface area contributed by atoms with Gasteiger partial charge in [0.1, 0.15) is 17.2 Å². The Balaban J connectivity index is 1.85. The van der Waals surface area contributed by atoms with Crippen molar-refractivity contribution < 1.29 is 23.2 Å². The summed E-state index contributed by atoms with van der Waals surface area (Å²) in [7, 11) is -3.97. The number of para-hydroxylation sites is 2. The maximum absolute atomic E-state index is 13.2. The fourth-order valence-corrected chi connectivity index (χ4v) is 3.31. The zero-order chi connectivity index (χ0) is 17.5. The standard InChI is InChI=1S/C19H17O5P/c20-15-16-11-13-19(14-12-16)24-25(21,22-17-7-3-1-4-8-17)23-18-9-5-2-6-10-18/h1-14,20H,15H2. The quantitative estimate of drug-likeness (QED) is 0.615. The highest BCUT2D eigenvalue weighted by atomic mass is 31.2. The van der Waals surface area contributed by atoms with Crippen molar-refractivity contribution in [3.63, 3.8) is 0 Å². The lowest BCUT2D eigenvalue weighted by molar-refractivity contribution is 0.281. The largest absolute Gasteiger partial charge is 0.647 e. The van der Waals surface area contributed by atoms with E-state index in [1.165, 1.54) is 0 Å². The number of hydrogen-bond donors (Lipinski definition) is 1. The van der Waals surface area contributed by atoms with E-state index in [0.29, 0.717) is 17.2 Å². The number of phosphoric acid groups is 1. The van der Waals surface area contributed by atoms with Gasteiger partial charge in [-0.1, -0.05) is 48.5 Å². The molecule has 0 saturated carbocycles. The first-order chi connectivity index (χ1) is 12.2. The highest BCUT2D eigenvalue weighted by Gasteiger charge is 2.33. The SMILES string of the molecule is O=P(Oc1ccccc1)(Oc1ccccc1)Oc1ccc(CO)cc1. The lowest BCUT2D eigenvalue weighted by Gasteiger charge is -2.19. The number of aliphatic hydroxyl groups is 1. The molecule has 6 heteroatoms. The third kappa shape index (κ3) is 4.86. The molecule has 0 amide bonds. The minimum Gasteiger partial charge on any atom is -0.392 e. The van der Waals surface area contributed by atoms with Gasteiger partial charge in [-0.05, 0) is 42.0 Å². The Labute approximate surface area is 146 Å². The van der Waals surface area contributed by atoms with Gasteiger partial charge in [-0.25, -0.2) is 0 Å². The molecule has 0 aliphatic carbocycles. The molecular formula is C19H17O5P. The molecular weight excluding hydrogens is 339 g/mol. The van der Waals surface area contributed by atoms with Crippen LogP contribution in [0.4, 0.5) is 0 Å². The number of aliphatic hydroxyl groups excluding tert-OH is 1. The average Bonchev–Trinajstić information content (AvgIpc) is 2.64. The van der Waals surface area contributed by atoms with Crippen LogP contribution in [0.5, 0.6) is 17.2 Å². The van der Waals surface area contributed by atoms with Gasteiger partial charge in [0.05, 0.1) is 6.61 Å². The topological polar surface area (TPSA) is 65.0 Å². The van der Waals surface area contributed by atoms with Crippen molar-refractivity contribution in [2.24, 2.45) is 0 Å². The molecule has 3 aromatic rings. The Morgan fingerprint density at radius 3 is 1.44 bits per heavy atom. The molecule has 3 rings (SSSR count). The molecule has 0 aromatic heterocycles. The number of phosphoric ester groups is 1. The summed E-state index contributed by atoms with van der Waals surface area (Å²) in [4.78, 5) is 0.